The molecule has 6 atom stereocenters. The van der Waals surface area contributed by atoms with E-state index in [-0.39, 0.29) is 70.2 Å². The highest BCUT2D eigenvalue weighted by atomic mass is 35.5. The minimum absolute atomic E-state index is 0.0112. The number of ketones is 1. The van der Waals surface area contributed by atoms with Crippen molar-refractivity contribution in [1.29, 1.82) is 0 Å². The fourth-order valence-electron chi connectivity index (χ4n) is 6.77. The molecular weight excluding hydrogens is 510 g/mol. The zero-order valence-electron chi connectivity index (χ0n) is 19.3. The number of halogens is 3. The number of Topliss-reactive ketones (excluding diaryl/α,β-unsaturated/α-hetero) is 1. The summed E-state index contributed by atoms with van der Waals surface area (Å²) in [7, 11) is 0. The van der Waals surface area contributed by atoms with Crippen molar-refractivity contribution in [2.45, 2.75) is 43.9 Å². The first-order valence-electron chi connectivity index (χ1n) is 11.8. The van der Waals surface area contributed by atoms with E-state index in [9.17, 15) is 18.8 Å². The van der Waals surface area contributed by atoms with Crippen LogP contribution in [0.4, 0.5) is 4.39 Å². The van der Waals surface area contributed by atoms with E-state index in [0.717, 1.165) is 18.9 Å². The smallest absolute Gasteiger partial charge is 0.261 e. The van der Waals surface area contributed by atoms with Crippen LogP contribution in [0.25, 0.3) is 0 Å². The monoisotopic (exact) mass is 532 g/mol. The quantitative estimate of drug-likeness (QED) is 0.587. The van der Waals surface area contributed by atoms with E-state index in [2.05, 4.69) is 17.6 Å². The van der Waals surface area contributed by atoms with Gasteiger partial charge in [-0.05, 0) is 55.0 Å². The molecule has 4 aliphatic rings. The Morgan fingerprint density at radius 1 is 1.22 bits per heavy atom. The number of hydrogen-bond donors (Lipinski definition) is 2. The van der Waals surface area contributed by atoms with Crippen molar-refractivity contribution in [3.05, 3.63) is 57.8 Å². The average molecular weight is 533 g/mol. The second-order valence-electron chi connectivity index (χ2n) is 10.3. The molecule has 0 aromatic heterocycles. The van der Waals surface area contributed by atoms with E-state index in [0.29, 0.717) is 16.3 Å². The first kappa shape index (κ1) is 23.6. The van der Waals surface area contributed by atoms with Crippen LogP contribution >= 0.6 is 23.2 Å². The number of carbonyl (C=O) groups excluding carboxylic acids is 3. The number of fused-ring (bicyclic) bond motifs is 2. The molecule has 0 unspecified atom stereocenters. The Kier molecular flexibility index (Phi) is 5.29. The second-order valence-corrected chi connectivity index (χ2v) is 11.1. The zero-order chi connectivity index (χ0) is 25.4. The lowest BCUT2D eigenvalue weighted by atomic mass is 9.66. The van der Waals surface area contributed by atoms with E-state index >= 15 is 0 Å². The predicted molar refractivity (Wildman–Crippen MR) is 129 cm³/mol. The van der Waals surface area contributed by atoms with Crippen LogP contribution in [0.5, 0.6) is 11.5 Å². The lowest BCUT2D eigenvalue weighted by molar-refractivity contribution is -0.131. The Balaban J connectivity index is 1.03. The van der Waals surface area contributed by atoms with E-state index in [1.165, 1.54) is 12.1 Å². The number of hydrogen-bond acceptors (Lipinski definition) is 5. The minimum atomic E-state index is -0.879. The van der Waals surface area contributed by atoms with Gasteiger partial charge in [0.25, 0.3) is 11.8 Å². The molecule has 3 fully saturated rings. The van der Waals surface area contributed by atoms with Gasteiger partial charge >= 0.3 is 0 Å². The summed E-state index contributed by atoms with van der Waals surface area (Å²) in [5, 5.41) is 6.63. The van der Waals surface area contributed by atoms with Gasteiger partial charge in [-0.15, -0.1) is 0 Å². The highest BCUT2D eigenvalue weighted by molar-refractivity contribution is 6.31. The van der Waals surface area contributed by atoms with Crippen LogP contribution in [0, 0.1) is 23.1 Å². The van der Waals surface area contributed by atoms with Gasteiger partial charge in [-0.25, -0.2) is 4.39 Å². The number of benzene rings is 2. The third-order valence-electron chi connectivity index (χ3n) is 8.61. The molecule has 1 aliphatic heterocycles. The van der Waals surface area contributed by atoms with Crippen molar-refractivity contribution in [1.82, 2.24) is 10.6 Å². The minimum Gasteiger partial charge on any atom is -0.484 e. The van der Waals surface area contributed by atoms with Crippen LogP contribution in [-0.4, -0.2) is 41.9 Å². The van der Waals surface area contributed by atoms with Gasteiger partial charge in [-0.3, -0.25) is 14.4 Å². The molecule has 2 N–H and O–H groups in total. The van der Waals surface area contributed by atoms with Crippen LogP contribution < -0.4 is 20.1 Å². The first-order valence-corrected chi connectivity index (χ1v) is 12.6. The summed E-state index contributed by atoms with van der Waals surface area (Å²) < 4.78 is 24.8. The fourth-order valence-corrected chi connectivity index (χ4v) is 7.06. The lowest BCUT2D eigenvalue weighted by Crippen LogP contribution is -2.61. The van der Waals surface area contributed by atoms with Crippen LogP contribution in [0.2, 0.25) is 10.0 Å². The van der Waals surface area contributed by atoms with Gasteiger partial charge in [-0.2, -0.15) is 0 Å². The van der Waals surface area contributed by atoms with Crippen LogP contribution in [0.1, 0.15) is 36.5 Å². The van der Waals surface area contributed by atoms with Crippen molar-refractivity contribution in [2.24, 2.45) is 17.3 Å². The highest BCUT2D eigenvalue weighted by Crippen LogP contribution is 2.84. The van der Waals surface area contributed by atoms with E-state index in [1.54, 1.807) is 18.2 Å². The van der Waals surface area contributed by atoms with Crippen LogP contribution in [-0.2, 0) is 9.59 Å². The fraction of sp³-hybridized carbons (Fsp3) is 0.423. The molecule has 0 saturated heterocycles. The normalized spacial score (nSPS) is 32.9. The van der Waals surface area contributed by atoms with E-state index in [4.69, 9.17) is 32.7 Å². The van der Waals surface area contributed by atoms with E-state index < -0.39 is 11.9 Å². The summed E-state index contributed by atoms with van der Waals surface area (Å²) in [6, 6.07) is 8.78. The Morgan fingerprint density at radius 2 is 2.03 bits per heavy atom. The molecule has 1 heterocycles. The topological polar surface area (TPSA) is 93.7 Å². The number of ether oxygens (including phenoxy) is 2. The first-order chi connectivity index (χ1) is 17.1. The Labute approximate surface area is 216 Å². The molecule has 0 radical (unpaired) electrons. The summed E-state index contributed by atoms with van der Waals surface area (Å²) >= 11 is 11.6. The number of carbonyl (C=O) groups is 3. The van der Waals surface area contributed by atoms with Gasteiger partial charge in [0, 0.05) is 22.5 Å². The number of amides is 2. The van der Waals surface area contributed by atoms with Crippen LogP contribution in [0.3, 0.4) is 0 Å². The number of nitrogens with one attached hydrogen (secondary N) is 2. The second kappa shape index (κ2) is 8.08. The lowest BCUT2D eigenvalue weighted by Gasteiger charge is -2.46. The highest BCUT2D eigenvalue weighted by Gasteiger charge is 2.89. The molecule has 188 valence electrons. The molecule has 36 heavy (non-hydrogen) atoms. The largest absolute Gasteiger partial charge is 0.484 e. The molecular formula is C26H23Cl2FN2O5. The molecule has 3 saturated carbocycles. The molecule has 10 heteroatoms. The maximum absolute atomic E-state index is 13.6. The SMILES string of the molecule is C[C@]12[C@@H]3C[C@@]1(NC(=O)COc1ccc(Cl)c(F)c1)[C@H]2C[C@@H]3NC(=O)[C@H]1CC(=O)c2cc(Cl)ccc2O1. The van der Waals surface area contributed by atoms with Crippen molar-refractivity contribution >= 4 is 40.8 Å². The Bertz CT molecular complexity index is 1320. The van der Waals surface area contributed by atoms with Gasteiger partial charge < -0.3 is 20.1 Å². The van der Waals surface area contributed by atoms with Gasteiger partial charge in [0.15, 0.2) is 18.5 Å². The molecule has 3 aliphatic carbocycles. The maximum atomic E-state index is 13.6. The summed E-state index contributed by atoms with van der Waals surface area (Å²) in [6.07, 6.45) is 0.583. The van der Waals surface area contributed by atoms with Gasteiger partial charge in [0.1, 0.15) is 17.3 Å². The molecule has 2 amide bonds. The van der Waals surface area contributed by atoms with Gasteiger partial charge in [0.2, 0.25) is 0 Å². The predicted octanol–water partition coefficient (Wildman–Crippen LogP) is 3.94. The Morgan fingerprint density at radius 3 is 2.72 bits per heavy atom. The molecule has 0 spiro atoms. The van der Waals surface area contributed by atoms with Crippen LogP contribution in [0.15, 0.2) is 36.4 Å². The van der Waals surface area contributed by atoms with Gasteiger partial charge in [0.05, 0.1) is 22.5 Å². The molecule has 7 nitrogen and oxygen atoms in total. The van der Waals surface area contributed by atoms with Gasteiger partial charge in [-0.1, -0.05) is 30.1 Å². The van der Waals surface area contributed by atoms with Crippen molar-refractivity contribution < 1.29 is 28.2 Å². The number of rotatable bonds is 6. The zero-order valence-corrected chi connectivity index (χ0v) is 20.8. The summed E-state index contributed by atoms with van der Waals surface area (Å²) in [6.45, 7) is 1.91. The molecule has 2 aromatic rings. The summed E-state index contributed by atoms with van der Waals surface area (Å²) in [5.74, 6) is -0.284. The Hall–Kier alpha value is -2.84. The molecule has 0 bridgehead atoms. The third kappa shape index (κ3) is 3.41. The summed E-state index contributed by atoms with van der Waals surface area (Å²) in [5.41, 5.74) is 0.00511. The summed E-state index contributed by atoms with van der Waals surface area (Å²) in [4.78, 5) is 38.0. The standard InChI is InChI=1S/C26H23Cl2FN2O5/c1-25-15-10-26(25,31-23(33)11-35-13-3-4-16(28)17(29)7-13)22(25)8-18(15)30-24(34)21-9-19(32)14-6-12(27)2-5-20(14)36-21/h2-7,15,18,21-22H,8-11H2,1H3,(H,30,34)(H,31,33)/t15-,18+,21-,22+,25-,26-/m1/s1. The van der Waals surface area contributed by atoms with E-state index in [1.807, 2.05) is 0 Å². The van der Waals surface area contributed by atoms with Crippen molar-refractivity contribution in [3.8, 4) is 11.5 Å². The average Bonchev–Trinajstić information content (AvgIpc) is 3.07. The molecule has 2 aromatic carbocycles. The van der Waals surface area contributed by atoms with Crippen molar-refractivity contribution in [2.75, 3.05) is 6.61 Å². The maximum Gasteiger partial charge on any atom is 0.261 e. The van der Waals surface area contributed by atoms with Crippen molar-refractivity contribution in [3.63, 3.8) is 0 Å². The molecule has 6 rings (SSSR count). The third-order valence-corrected chi connectivity index (χ3v) is 9.15.